The SMILES string of the molecule is Cc1ccsc1CN1C[C@H](c2cccnc2)[C@@]2(C1)OCCN(Cc1ccncc1)C2=O. The van der Waals surface area contributed by atoms with Gasteiger partial charge in [-0.25, -0.2) is 0 Å². The number of carbonyl (C=O) groups excluding carboxylic acids is 1. The molecular weight excluding hydrogens is 408 g/mol. The van der Waals surface area contributed by atoms with E-state index in [1.165, 1.54) is 10.4 Å². The summed E-state index contributed by atoms with van der Waals surface area (Å²) in [4.78, 5) is 28.0. The van der Waals surface area contributed by atoms with Crippen LogP contribution in [0.1, 0.15) is 27.5 Å². The lowest BCUT2D eigenvalue weighted by Crippen LogP contribution is -2.59. The minimum atomic E-state index is -0.876. The number of rotatable bonds is 5. The molecule has 5 rings (SSSR count). The summed E-state index contributed by atoms with van der Waals surface area (Å²) in [5, 5.41) is 2.13. The Morgan fingerprint density at radius 1 is 1.16 bits per heavy atom. The number of aromatic nitrogens is 2. The van der Waals surface area contributed by atoms with Crippen molar-refractivity contribution in [2.45, 2.75) is 31.5 Å². The smallest absolute Gasteiger partial charge is 0.257 e. The fourth-order valence-electron chi connectivity index (χ4n) is 4.75. The quantitative estimate of drug-likeness (QED) is 0.617. The van der Waals surface area contributed by atoms with Gasteiger partial charge in [0.15, 0.2) is 5.60 Å². The van der Waals surface area contributed by atoms with Crippen LogP contribution >= 0.6 is 11.3 Å². The average molecular weight is 435 g/mol. The maximum Gasteiger partial charge on any atom is 0.257 e. The summed E-state index contributed by atoms with van der Waals surface area (Å²) < 4.78 is 6.38. The number of carbonyl (C=O) groups is 1. The van der Waals surface area contributed by atoms with Crippen molar-refractivity contribution >= 4 is 17.2 Å². The number of pyridine rings is 2. The highest BCUT2D eigenvalue weighted by Gasteiger charge is 2.57. The second-order valence-electron chi connectivity index (χ2n) is 8.36. The Balaban J connectivity index is 1.45. The first-order valence-electron chi connectivity index (χ1n) is 10.6. The number of ether oxygens (including phenoxy) is 1. The van der Waals surface area contributed by atoms with Crippen molar-refractivity contribution in [2.75, 3.05) is 26.2 Å². The number of hydrogen-bond acceptors (Lipinski definition) is 6. The van der Waals surface area contributed by atoms with Crippen molar-refractivity contribution in [1.82, 2.24) is 19.8 Å². The fraction of sp³-hybridized carbons (Fsp3) is 0.375. The minimum absolute atomic E-state index is 0.0470. The molecule has 0 bridgehead atoms. The van der Waals surface area contributed by atoms with Crippen molar-refractivity contribution in [1.29, 1.82) is 0 Å². The Kier molecular flexibility index (Phi) is 5.56. The van der Waals surface area contributed by atoms with Crippen LogP contribution in [0, 0.1) is 6.92 Å². The molecule has 0 saturated carbocycles. The Hall–Kier alpha value is -2.61. The molecule has 2 aliphatic heterocycles. The highest BCUT2D eigenvalue weighted by Crippen LogP contribution is 2.42. The summed E-state index contributed by atoms with van der Waals surface area (Å²) >= 11 is 1.78. The summed E-state index contributed by atoms with van der Waals surface area (Å²) in [6.45, 7) is 6.08. The number of likely N-dealkylation sites (tertiary alicyclic amines) is 1. The van der Waals surface area contributed by atoms with E-state index >= 15 is 0 Å². The van der Waals surface area contributed by atoms with Crippen LogP contribution in [0.3, 0.4) is 0 Å². The molecule has 0 N–H and O–H groups in total. The molecule has 7 heteroatoms. The van der Waals surface area contributed by atoms with Gasteiger partial charge in [0.2, 0.25) is 0 Å². The molecule has 2 saturated heterocycles. The predicted molar refractivity (Wildman–Crippen MR) is 120 cm³/mol. The molecule has 2 aliphatic rings. The Morgan fingerprint density at radius 2 is 2.03 bits per heavy atom. The van der Waals surface area contributed by atoms with Gasteiger partial charge in [-0.2, -0.15) is 0 Å². The zero-order chi connectivity index (χ0) is 21.3. The summed E-state index contributed by atoms with van der Waals surface area (Å²) in [7, 11) is 0. The first-order valence-corrected chi connectivity index (χ1v) is 11.5. The molecule has 160 valence electrons. The van der Waals surface area contributed by atoms with Gasteiger partial charge in [0.25, 0.3) is 5.91 Å². The lowest BCUT2D eigenvalue weighted by atomic mass is 9.83. The largest absolute Gasteiger partial charge is 0.361 e. The molecule has 3 aromatic rings. The Morgan fingerprint density at radius 3 is 2.77 bits per heavy atom. The average Bonchev–Trinajstić information content (AvgIpc) is 3.37. The summed E-state index contributed by atoms with van der Waals surface area (Å²) in [6, 6.07) is 10.1. The van der Waals surface area contributed by atoms with Crippen LogP contribution < -0.4 is 0 Å². The van der Waals surface area contributed by atoms with Gasteiger partial charge in [0, 0.05) is 68.3 Å². The molecule has 31 heavy (non-hydrogen) atoms. The van der Waals surface area contributed by atoms with Gasteiger partial charge in [-0.3, -0.25) is 19.7 Å². The van der Waals surface area contributed by atoms with Crippen LogP contribution in [0.5, 0.6) is 0 Å². The maximum absolute atomic E-state index is 13.9. The van der Waals surface area contributed by atoms with E-state index in [2.05, 4.69) is 39.3 Å². The Bertz CT molecular complexity index is 1040. The van der Waals surface area contributed by atoms with Crippen LogP contribution in [0.25, 0.3) is 0 Å². The van der Waals surface area contributed by atoms with Gasteiger partial charge in [-0.15, -0.1) is 11.3 Å². The van der Waals surface area contributed by atoms with E-state index in [0.29, 0.717) is 26.2 Å². The second-order valence-corrected chi connectivity index (χ2v) is 9.36. The topological polar surface area (TPSA) is 58.6 Å². The standard InChI is InChI=1S/C24H26N4O2S/c1-18-6-12-31-22(18)16-27-15-21(20-3-2-7-26-13-20)24(17-27)23(29)28(10-11-30-24)14-19-4-8-25-9-5-19/h2-9,12-13,21H,10-11,14-17H2,1H3/t21-,24-/m1/s1. The fourth-order valence-corrected chi connectivity index (χ4v) is 5.70. The van der Waals surface area contributed by atoms with Gasteiger partial charge in [0.1, 0.15) is 0 Å². The van der Waals surface area contributed by atoms with Crippen LogP contribution in [0.2, 0.25) is 0 Å². The monoisotopic (exact) mass is 434 g/mol. The van der Waals surface area contributed by atoms with Crippen molar-refractivity contribution in [3.63, 3.8) is 0 Å². The first-order chi connectivity index (χ1) is 15.2. The molecule has 5 heterocycles. The number of amides is 1. The van der Waals surface area contributed by atoms with Crippen LogP contribution in [-0.2, 0) is 22.6 Å². The zero-order valence-electron chi connectivity index (χ0n) is 17.6. The molecule has 1 spiro atoms. The lowest BCUT2D eigenvalue weighted by Gasteiger charge is -2.42. The molecule has 2 atom stereocenters. The zero-order valence-corrected chi connectivity index (χ0v) is 18.4. The molecule has 6 nitrogen and oxygen atoms in total. The number of aryl methyl sites for hydroxylation is 1. The summed E-state index contributed by atoms with van der Waals surface area (Å²) in [5.74, 6) is 0.0315. The van der Waals surface area contributed by atoms with Gasteiger partial charge >= 0.3 is 0 Å². The van der Waals surface area contributed by atoms with E-state index in [4.69, 9.17) is 4.74 Å². The third kappa shape index (κ3) is 3.89. The predicted octanol–water partition coefficient (Wildman–Crippen LogP) is 3.24. The van der Waals surface area contributed by atoms with Crippen molar-refractivity contribution in [3.05, 3.63) is 82.1 Å². The Labute approximate surface area is 186 Å². The van der Waals surface area contributed by atoms with Crippen molar-refractivity contribution in [3.8, 4) is 0 Å². The second kappa shape index (κ2) is 8.49. The highest BCUT2D eigenvalue weighted by atomic mass is 32.1. The molecule has 2 fully saturated rings. The van der Waals surface area contributed by atoms with Crippen LogP contribution in [-0.4, -0.2) is 57.5 Å². The van der Waals surface area contributed by atoms with Crippen LogP contribution in [0.4, 0.5) is 0 Å². The number of thiophene rings is 1. The third-order valence-electron chi connectivity index (χ3n) is 6.38. The van der Waals surface area contributed by atoms with E-state index < -0.39 is 5.60 Å². The maximum atomic E-state index is 13.9. The lowest BCUT2D eigenvalue weighted by molar-refractivity contribution is -0.173. The van der Waals surface area contributed by atoms with Crippen molar-refractivity contribution in [2.24, 2.45) is 0 Å². The number of nitrogens with zero attached hydrogens (tertiary/aromatic N) is 4. The molecule has 0 unspecified atom stereocenters. The molecule has 0 aliphatic carbocycles. The minimum Gasteiger partial charge on any atom is -0.361 e. The van der Waals surface area contributed by atoms with Gasteiger partial charge in [-0.1, -0.05) is 6.07 Å². The van der Waals surface area contributed by atoms with Gasteiger partial charge in [0.05, 0.1) is 6.61 Å². The number of hydrogen-bond donors (Lipinski definition) is 0. The van der Waals surface area contributed by atoms with Crippen molar-refractivity contribution < 1.29 is 9.53 Å². The van der Waals surface area contributed by atoms with Crippen LogP contribution in [0.15, 0.2) is 60.5 Å². The van der Waals surface area contributed by atoms with Gasteiger partial charge in [-0.05, 0) is 53.3 Å². The first kappa shape index (κ1) is 20.3. The molecule has 1 amide bonds. The summed E-state index contributed by atoms with van der Waals surface area (Å²) in [6.07, 6.45) is 7.20. The van der Waals surface area contributed by atoms with E-state index in [1.54, 1.807) is 29.9 Å². The molecule has 3 aromatic heterocycles. The van der Waals surface area contributed by atoms with E-state index in [1.807, 2.05) is 29.3 Å². The third-order valence-corrected chi connectivity index (χ3v) is 7.38. The highest BCUT2D eigenvalue weighted by molar-refractivity contribution is 7.10. The summed E-state index contributed by atoms with van der Waals surface area (Å²) in [5.41, 5.74) is 2.58. The number of morpholine rings is 1. The van der Waals surface area contributed by atoms with E-state index in [9.17, 15) is 4.79 Å². The molecule has 0 radical (unpaired) electrons. The normalized spacial score (nSPS) is 24.2. The van der Waals surface area contributed by atoms with E-state index in [0.717, 1.165) is 24.2 Å². The van der Waals surface area contributed by atoms with E-state index in [-0.39, 0.29) is 11.8 Å². The van der Waals surface area contributed by atoms with Gasteiger partial charge < -0.3 is 9.64 Å². The molecule has 0 aromatic carbocycles. The molecular formula is C24H26N4O2S.